The highest BCUT2D eigenvalue weighted by Crippen LogP contribution is 2.33. The molecule has 0 atom stereocenters. The van der Waals surface area contributed by atoms with Crippen molar-refractivity contribution in [2.75, 3.05) is 25.6 Å². The third-order valence-corrected chi connectivity index (χ3v) is 4.73. The van der Waals surface area contributed by atoms with E-state index in [1.807, 2.05) is 38.9 Å². The van der Waals surface area contributed by atoms with Crippen molar-refractivity contribution in [1.82, 2.24) is 19.5 Å². The van der Waals surface area contributed by atoms with Gasteiger partial charge in [-0.2, -0.15) is 0 Å². The summed E-state index contributed by atoms with van der Waals surface area (Å²) in [6, 6.07) is 0. The summed E-state index contributed by atoms with van der Waals surface area (Å²) in [5.74, 6) is 0.762. The van der Waals surface area contributed by atoms with Crippen LogP contribution in [0.2, 0.25) is 0 Å². The van der Waals surface area contributed by atoms with Gasteiger partial charge in [0.05, 0.1) is 11.6 Å². The highest BCUT2D eigenvalue weighted by Gasteiger charge is 2.16. The minimum absolute atomic E-state index is 0.120. The Morgan fingerprint density at radius 2 is 2.03 bits per heavy atom. The van der Waals surface area contributed by atoms with E-state index < -0.39 is 0 Å². The minimum atomic E-state index is -0.120. The van der Waals surface area contributed by atoms with Crippen molar-refractivity contribution in [2.24, 2.45) is 0 Å². The Labute approximate surface area is 174 Å². The summed E-state index contributed by atoms with van der Waals surface area (Å²) in [6.45, 7) is 11.9. The third-order valence-electron chi connectivity index (χ3n) is 3.66. The zero-order valence-electron chi connectivity index (χ0n) is 17.1. The molecule has 0 saturated carbocycles. The highest BCUT2D eigenvalue weighted by molar-refractivity contribution is 7.25. The number of thiophene rings is 1. The van der Waals surface area contributed by atoms with E-state index in [2.05, 4.69) is 28.1 Å². The molecule has 0 unspecified atom stereocenters. The van der Waals surface area contributed by atoms with Crippen LogP contribution in [0.5, 0.6) is 0 Å². The number of allylic oxidation sites excluding steroid dienone is 2. The van der Waals surface area contributed by atoms with Crippen LogP contribution in [0.15, 0.2) is 60.7 Å². The van der Waals surface area contributed by atoms with Crippen LogP contribution in [-0.4, -0.2) is 40.2 Å². The molecule has 4 rings (SSSR count). The molecule has 0 spiro atoms. The molecule has 8 heteroatoms. The molecule has 0 aromatic carbocycles. The number of fused-ring (bicyclic) bond motifs is 3. The molecule has 3 aromatic rings. The summed E-state index contributed by atoms with van der Waals surface area (Å²) in [6.07, 6.45) is 11.4. The van der Waals surface area contributed by atoms with E-state index in [4.69, 9.17) is 4.74 Å². The van der Waals surface area contributed by atoms with Gasteiger partial charge in [0.25, 0.3) is 5.56 Å². The second kappa shape index (κ2) is 10.3. The third kappa shape index (κ3) is 4.97. The molecule has 0 aliphatic carbocycles. The normalized spacial score (nSPS) is 12.3. The van der Waals surface area contributed by atoms with Crippen molar-refractivity contribution in [3.63, 3.8) is 0 Å². The lowest BCUT2D eigenvalue weighted by Crippen LogP contribution is -2.15. The molecule has 0 amide bonds. The molecule has 0 radical (unpaired) electrons. The molecular formula is C21H25N5O2S. The largest absolute Gasteiger partial charge is 0.497 e. The van der Waals surface area contributed by atoms with E-state index in [0.29, 0.717) is 16.8 Å². The number of hydrogen-bond acceptors (Lipinski definition) is 7. The summed E-state index contributed by atoms with van der Waals surface area (Å²) >= 11 is 1.33. The van der Waals surface area contributed by atoms with Crippen molar-refractivity contribution >= 4 is 43.8 Å². The van der Waals surface area contributed by atoms with Crippen LogP contribution < -0.4 is 10.5 Å². The van der Waals surface area contributed by atoms with Gasteiger partial charge < -0.3 is 9.64 Å². The predicted octanol–water partition coefficient (Wildman–Crippen LogP) is 4.24. The Balaban J connectivity index is 0.000000317. The molecule has 3 aromatic heterocycles. The Morgan fingerprint density at radius 3 is 2.59 bits per heavy atom. The van der Waals surface area contributed by atoms with Gasteiger partial charge in [0.1, 0.15) is 40.1 Å². The fourth-order valence-corrected chi connectivity index (χ4v) is 3.44. The van der Waals surface area contributed by atoms with E-state index in [9.17, 15) is 4.79 Å². The fourth-order valence-electron chi connectivity index (χ4n) is 2.41. The van der Waals surface area contributed by atoms with Crippen LogP contribution >= 0.6 is 11.3 Å². The van der Waals surface area contributed by atoms with E-state index in [0.717, 1.165) is 21.6 Å². The lowest BCUT2D eigenvalue weighted by molar-refractivity contribution is 0.302. The molecule has 0 saturated heterocycles. The van der Waals surface area contributed by atoms with Gasteiger partial charge >= 0.3 is 0 Å². The van der Waals surface area contributed by atoms with E-state index >= 15 is 0 Å². The first-order chi connectivity index (χ1) is 14.0. The summed E-state index contributed by atoms with van der Waals surface area (Å²) in [5, 5.41) is 0.819. The summed E-state index contributed by atoms with van der Waals surface area (Å²) in [7, 11) is 3.80. The van der Waals surface area contributed by atoms with E-state index in [1.165, 1.54) is 28.6 Å². The first-order valence-corrected chi connectivity index (χ1v) is 9.91. The van der Waals surface area contributed by atoms with E-state index in [-0.39, 0.29) is 5.56 Å². The van der Waals surface area contributed by atoms with Crippen LogP contribution in [0.4, 0.5) is 5.82 Å². The van der Waals surface area contributed by atoms with Crippen LogP contribution in [-0.2, 0) is 4.74 Å². The quantitative estimate of drug-likeness (QED) is 0.600. The Kier molecular flexibility index (Phi) is 7.85. The molecular weight excluding hydrogens is 386 g/mol. The van der Waals surface area contributed by atoms with Crippen LogP contribution in [0.1, 0.15) is 13.8 Å². The van der Waals surface area contributed by atoms with Crippen LogP contribution in [0.25, 0.3) is 26.6 Å². The Morgan fingerprint density at radius 1 is 1.28 bits per heavy atom. The van der Waals surface area contributed by atoms with Crippen LogP contribution in [0.3, 0.4) is 0 Å². The predicted molar refractivity (Wildman–Crippen MR) is 122 cm³/mol. The second-order valence-corrected chi connectivity index (χ2v) is 6.86. The van der Waals surface area contributed by atoms with Crippen molar-refractivity contribution < 1.29 is 4.74 Å². The zero-order valence-corrected chi connectivity index (χ0v) is 17.9. The number of anilines is 1. The first-order valence-electron chi connectivity index (χ1n) is 9.09. The Hall–Kier alpha value is -3.26. The number of aromatic nitrogens is 4. The van der Waals surface area contributed by atoms with Crippen LogP contribution in [0, 0.1) is 0 Å². The molecule has 7 nitrogen and oxygen atoms in total. The molecule has 29 heavy (non-hydrogen) atoms. The standard InChI is InChI=1S/C14H13N5OS.C5H6O.C2H6/c1-4-5-6-19-8-17-10-9-12(18(2)3)15-7-16-13(9)21-11(10)14(19)20;1-5-2-3-6-4-5;1-2/h4-8H,1H2,2-3H3;2-3H,1,4H2;1-2H3/b6-5+;;. The maximum atomic E-state index is 12.5. The number of rotatable bonds is 3. The van der Waals surface area contributed by atoms with Gasteiger partial charge in [-0.1, -0.05) is 33.1 Å². The van der Waals surface area contributed by atoms with Crippen molar-refractivity contribution in [1.29, 1.82) is 0 Å². The second-order valence-electron chi connectivity index (χ2n) is 5.86. The number of hydrogen-bond donors (Lipinski definition) is 0. The molecule has 0 N–H and O–H groups in total. The SMILES string of the molecule is C=C/C=C/n1cnc2c(sc3ncnc(N(C)C)c32)c1=O.C=C1C=COC1.CC. The smallest absolute Gasteiger partial charge is 0.275 e. The molecule has 1 aliphatic rings. The van der Waals surface area contributed by atoms with Gasteiger partial charge in [-0.3, -0.25) is 9.36 Å². The van der Waals surface area contributed by atoms with Crippen molar-refractivity contribution in [3.8, 4) is 0 Å². The van der Waals surface area contributed by atoms with Gasteiger partial charge in [0, 0.05) is 20.3 Å². The monoisotopic (exact) mass is 411 g/mol. The maximum Gasteiger partial charge on any atom is 0.275 e. The molecule has 1 aliphatic heterocycles. The first kappa shape index (κ1) is 22.0. The maximum absolute atomic E-state index is 12.5. The van der Waals surface area contributed by atoms with Gasteiger partial charge in [-0.15, -0.1) is 11.3 Å². The Bertz CT molecular complexity index is 1130. The number of nitrogens with zero attached hydrogens (tertiary/aromatic N) is 5. The van der Waals surface area contributed by atoms with Gasteiger partial charge in [0.15, 0.2) is 0 Å². The number of ether oxygens (including phenoxy) is 1. The summed E-state index contributed by atoms with van der Waals surface area (Å²) in [5.41, 5.74) is 1.58. The zero-order chi connectivity index (χ0) is 21.4. The molecule has 152 valence electrons. The minimum Gasteiger partial charge on any atom is -0.497 e. The summed E-state index contributed by atoms with van der Waals surface area (Å²) < 4.78 is 6.78. The highest BCUT2D eigenvalue weighted by atomic mass is 32.1. The van der Waals surface area contributed by atoms with Crippen molar-refractivity contribution in [2.45, 2.75) is 13.8 Å². The lowest BCUT2D eigenvalue weighted by Gasteiger charge is -2.11. The molecule has 4 heterocycles. The fraction of sp³-hybridized carbons (Fsp3) is 0.238. The summed E-state index contributed by atoms with van der Waals surface area (Å²) in [4.78, 5) is 28.1. The van der Waals surface area contributed by atoms with Gasteiger partial charge in [-0.25, -0.2) is 15.0 Å². The topological polar surface area (TPSA) is 73.1 Å². The average Bonchev–Trinajstić information content (AvgIpc) is 3.36. The molecule has 0 fully saturated rings. The van der Waals surface area contributed by atoms with E-state index in [1.54, 1.807) is 24.6 Å². The van der Waals surface area contributed by atoms with Crippen molar-refractivity contribution in [3.05, 3.63) is 66.2 Å². The van der Waals surface area contributed by atoms with Gasteiger partial charge in [0.2, 0.25) is 0 Å². The molecule has 0 bridgehead atoms. The van der Waals surface area contributed by atoms with Gasteiger partial charge in [-0.05, 0) is 17.7 Å². The average molecular weight is 412 g/mol. The lowest BCUT2D eigenvalue weighted by atomic mass is 10.3.